The predicted octanol–water partition coefficient (Wildman–Crippen LogP) is -0.597. The van der Waals surface area contributed by atoms with Crippen LogP contribution in [0.5, 0.6) is 0 Å². The van der Waals surface area contributed by atoms with Crippen molar-refractivity contribution in [3.05, 3.63) is 11.4 Å². The zero-order valence-corrected chi connectivity index (χ0v) is 22.1. The Morgan fingerprint density at radius 3 is 1.32 bits per heavy atom. The highest BCUT2D eigenvalue weighted by Crippen LogP contribution is 2.13. The summed E-state index contributed by atoms with van der Waals surface area (Å²) in [6.45, 7) is 8.43. The maximum absolute atomic E-state index is 12.4. The predicted molar refractivity (Wildman–Crippen MR) is 136 cm³/mol. The van der Waals surface area contributed by atoms with E-state index in [9.17, 15) is 19.2 Å². The molecule has 0 saturated carbocycles. The van der Waals surface area contributed by atoms with E-state index < -0.39 is 24.0 Å². The minimum Gasteiger partial charge on any atom is -0.447 e. The monoisotopic (exact) mass is 542 g/mol. The average Bonchev–Trinajstić information content (AvgIpc) is 2.85. The first-order valence-electron chi connectivity index (χ1n) is 12.0. The molecule has 0 aliphatic heterocycles. The number of alkyl carbamates (subject to hydrolysis) is 2. The van der Waals surface area contributed by atoms with Crippen LogP contribution < -0.4 is 32.7 Å². The number of hydrogen-bond donors (Lipinski definition) is 6. The molecular weight excluding hydrogens is 504 g/mol. The third-order valence-electron chi connectivity index (χ3n) is 4.28. The summed E-state index contributed by atoms with van der Waals surface area (Å²) in [5.74, 6) is -2.03. The molecule has 0 radical (unpaired) electrons. The van der Waals surface area contributed by atoms with Crippen molar-refractivity contribution in [3.8, 4) is 0 Å². The normalized spacial score (nSPS) is 10.7. The molecule has 0 aliphatic carbocycles. The van der Waals surface area contributed by atoms with Gasteiger partial charge in [0.1, 0.15) is 13.2 Å². The Labute approximate surface area is 220 Å². The van der Waals surface area contributed by atoms with E-state index in [0.29, 0.717) is 0 Å². The van der Waals surface area contributed by atoms with Crippen molar-refractivity contribution in [1.82, 2.24) is 31.2 Å². The number of aromatic nitrogens is 2. The van der Waals surface area contributed by atoms with Gasteiger partial charge >= 0.3 is 12.2 Å². The van der Waals surface area contributed by atoms with Gasteiger partial charge in [0.25, 0.3) is 11.8 Å². The van der Waals surface area contributed by atoms with Gasteiger partial charge in [0.2, 0.25) is 0 Å². The summed E-state index contributed by atoms with van der Waals surface area (Å²) in [6, 6.07) is 0. The molecule has 0 aromatic carbocycles. The van der Waals surface area contributed by atoms with E-state index in [-0.39, 0.29) is 87.8 Å². The van der Waals surface area contributed by atoms with Crippen molar-refractivity contribution >= 4 is 35.6 Å². The van der Waals surface area contributed by atoms with Gasteiger partial charge in [-0.25, -0.2) is 19.6 Å². The highest BCUT2D eigenvalue weighted by Gasteiger charge is 2.20. The number of hydrogen-bond acceptors (Lipinski definition) is 12. The highest BCUT2D eigenvalue weighted by molar-refractivity contribution is 6.00. The van der Waals surface area contributed by atoms with Gasteiger partial charge in [-0.2, -0.15) is 0 Å². The Bertz CT molecular complexity index is 855. The van der Waals surface area contributed by atoms with Gasteiger partial charge in [-0.15, -0.1) is 0 Å². The summed E-state index contributed by atoms with van der Waals surface area (Å²) in [7, 11) is 0. The third-order valence-corrected chi connectivity index (χ3v) is 4.28. The lowest BCUT2D eigenvalue weighted by molar-refractivity contribution is 0.0396. The van der Waals surface area contributed by atoms with Crippen molar-refractivity contribution in [2.75, 3.05) is 64.1 Å². The SMILES string of the molecule is CC(C)OCCOC(=O)NCCNC(=O)c1nc(N)c(C(=O)NCCNC(=O)OCCOC(C)C)nc1N. The van der Waals surface area contributed by atoms with E-state index in [1.165, 1.54) is 0 Å². The molecular formula is C22H38N8O8. The summed E-state index contributed by atoms with van der Waals surface area (Å²) in [4.78, 5) is 55.6. The lowest BCUT2D eigenvalue weighted by Crippen LogP contribution is -2.37. The first-order chi connectivity index (χ1) is 18.0. The van der Waals surface area contributed by atoms with Crippen LogP contribution in [0.2, 0.25) is 0 Å². The Morgan fingerprint density at radius 1 is 0.632 bits per heavy atom. The molecule has 0 aliphatic rings. The molecule has 16 heteroatoms. The van der Waals surface area contributed by atoms with Crippen LogP contribution in [-0.2, 0) is 18.9 Å². The maximum atomic E-state index is 12.4. The van der Waals surface area contributed by atoms with Crippen molar-refractivity contribution in [2.45, 2.75) is 39.9 Å². The summed E-state index contributed by atoms with van der Waals surface area (Å²) < 4.78 is 20.3. The number of rotatable bonds is 16. The van der Waals surface area contributed by atoms with E-state index in [1.54, 1.807) is 0 Å². The summed E-state index contributed by atoms with van der Waals surface area (Å²) in [6.07, 6.45) is -1.25. The standard InChI is InChI=1S/C22H38N8O8/c1-13(2)35-9-11-37-21(33)27-7-5-25-19(31)15-17(23)30-16(18(24)29-15)20(32)26-6-8-28-22(34)38-12-10-36-14(3)4/h13-14H,5-12H2,1-4H3,(H2,24,29)(H2,23,30)(H,25,31)(H,26,32)(H,27,33)(H,28,34). The Kier molecular flexibility index (Phi) is 14.8. The fourth-order valence-corrected chi connectivity index (χ4v) is 2.58. The van der Waals surface area contributed by atoms with Crippen molar-refractivity contribution in [2.24, 2.45) is 0 Å². The van der Waals surface area contributed by atoms with E-state index >= 15 is 0 Å². The quantitative estimate of drug-likeness (QED) is 0.144. The molecule has 38 heavy (non-hydrogen) atoms. The molecule has 1 heterocycles. The van der Waals surface area contributed by atoms with Gasteiger partial charge < -0.3 is 51.7 Å². The molecule has 1 aromatic heterocycles. The number of nitrogens with one attached hydrogen (secondary N) is 4. The fourth-order valence-electron chi connectivity index (χ4n) is 2.58. The third kappa shape index (κ3) is 13.4. The van der Waals surface area contributed by atoms with Crippen LogP contribution in [0.15, 0.2) is 0 Å². The summed E-state index contributed by atoms with van der Waals surface area (Å²) >= 11 is 0. The van der Waals surface area contributed by atoms with Gasteiger partial charge in [-0.3, -0.25) is 9.59 Å². The molecule has 0 bridgehead atoms. The second-order valence-corrected chi connectivity index (χ2v) is 8.17. The number of anilines is 2. The van der Waals surface area contributed by atoms with E-state index in [1.807, 2.05) is 27.7 Å². The lowest BCUT2D eigenvalue weighted by Gasteiger charge is -2.12. The Balaban J connectivity index is 2.39. The molecule has 8 N–H and O–H groups in total. The molecule has 1 aromatic rings. The number of nitrogen functional groups attached to an aromatic ring is 2. The van der Waals surface area contributed by atoms with Gasteiger partial charge in [0, 0.05) is 26.2 Å². The molecule has 0 unspecified atom stereocenters. The van der Waals surface area contributed by atoms with E-state index in [0.717, 1.165) is 0 Å². The van der Waals surface area contributed by atoms with E-state index in [2.05, 4.69) is 31.2 Å². The van der Waals surface area contributed by atoms with Gasteiger partial charge in [0.05, 0.1) is 25.4 Å². The van der Waals surface area contributed by atoms with Crippen LogP contribution >= 0.6 is 0 Å². The highest BCUT2D eigenvalue weighted by atomic mass is 16.6. The number of amides is 4. The molecule has 214 valence electrons. The largest absolute Gasteiger partial charge is 0.447 e. The zero-order chi connectivity index (χ0) is 28.5. The van der Waals surface area contributed by atoms with Gasteiger partial charge in [-0.1, -0.05) is 0 Å². The number of nitrogens with zero attached hydrogens (tertiary/aromatic N) is 2. The number of carbonyl (C=O) groups is 4. The molecule has 0 spiro atoms. The molecule has 0 saturated heterocycles. The van der Waals surface area contributed by atoms with Crippen LogP contribution in [0.25, 0.3) is 0 Å². The number of ether oxygens (including phenoxy) is 4. The van der Waals surface area contributed by atoms with Crippen molar-refractivity contribution in [1.29, 1.82) is 0 Å². The fraction of sp³-hybridized carbons (Fsp3) is 0.636. The summed E-state index contributed by atoms with van der Waals surface area (Å²) in [5.41, 5.74) is 11.0. The number of carbonyl (C=O) groups excluding carboxylic acids is 4. The minimum absolute atomic E-state index is 0.0326. The van der Waals surface area contributed by atoms with Crippen molar-refractivity contribution in [3.63, 3.8) is 0 Å². The molecule has 1 rings (SSSR count). The molecule has 0 atom stereocenters. The average molecular weight is 543 g/mol. The van der Waals surface area contributed by atoms with Crippen LogP contribution in [0.1, 0.15) is 48.7 Å². The second kappa shape index (κ2) is 17.5. The molecule has 0 fully saturated rings. The van der Waals surface area contributed by atoms with Gasteiger partial charge in [0.15, 0.2) is 23.0 Å². The van der Waals surface area contributed by atoms with Gasteiger partial charge in [-0.05, 0) is 27.7 Å². The Morgan fingerprint density at radius 2 is 0.974 bits per heavy atom. The van der Waals surface area contributed by atoms with Crippen LogP contribution in [0.4, 0.5) is 21.2 Å². The number of nitrogens with two attached hydrogens (primary N) is 2. The Hall–Kier alpha value is -3.92. The topological polar surface area (TPSA) is 231 Å². The molecule has 16 nitrogen and oxygen atoms in total. The second-order valence-electron chi connectivity index (χ2n) is 8.17. The molecule has 4 amide bonds. The maximum Gasteiger partial charge on any atom is 0.407 e. The zero-order valence-electron chi connectivity index (χ0n) is 22.1. The van der Waals surface area contributed by atoms with Crippen LogP contribution in [-0.4, -0.2) is 98.8 Å². The lowest BCUT2D eigenvalue weighted by atomic mass is 10.3. The van der Waals surface area contributed by atoms with Crippen LogP contribution in [0.3, 0.4) is 0 Å². The first kappa shape index (κ1) is 32.1. The smallest absolute Gasteiger partial charge is 0.407 e. The van der Waals surface area contributed by atoms with E-state index in [4.69, 9.17) is 30.4 Å². The van der Waals surface area contributed by atoms with Crippen molar-refractivity contribution < 1.29 is 38.1 Å². The minimum atomic E-state index is -0.698. The summed E-state index contributed by atoms with van der Waals surface area (Å²) in [5, 5.41) is 9.91. The van der Waals surface area contributed by atoms with Crippen LogP contribution in [0, 0.1) is 0 Å². The first-order valence-corrected chi connectivity index (χ1v) is 12.0.